The first-order valence-corrected chi connectivity index (χ1v) is 9.75. The SMILES string of the molecule is Cc1cccn2cc(CNC(=O)C(C)n3c(-c4cccs4)n[nH]c3=S)nc12. The van der Waals surface area contributed by atoms with Crippen molar-refractivity contribution < 1.29 is 4.79 Å². The second kappa shape index (κ2) is 7.09. The Kier molecular flexibility index (Phi) is 4.63. The number of carbonyl (C=O) groups excluding carboxylic acids is 1. The van der Waals surface area contributed by atoms with Gasteiger partial charge in [-0.1, -0.05) is 12.1 Å². The molecule has 27 heavy (non-hydrogen) atoms. The fourth-order valence-electron chi connectivity index (χ4n) is 2.98. The van der Waals surface area contributed by atoms with E-state index in [1.165, 1.54) is 0 Å². The average Bonchev–Trinajstić information content (AvgIpc) is 3.38. The van der Waals surface area contributed by atoms with Crippen LogP contribution in [0.5, 0.6) is 0 Å². The number of pyridine rings is 1. The lowest BCUT2D eigenvalue weighted by Crippen LogP contribution is -2.31. The molecule has 0 saturated heterocycles. The van der Waals surface area contributed by atoms with Gasteiger partial charge < -0.3 is 9.72 Å². The molecule has 0 radical (unpaired) electrons. The van der Waals surface area contributed by atoms with E-state index in [1.807, 2.05) is 60.3 Å². The Bertz CT molecular complexity index is 1150. The average molecular weight is 399 g/mol. The van der Waals surface area contributed by atoms with Crippen molar-refractivity contribution in [2.45, 2.75) is 26.4 Å². The van der Waals surface area contributed by atoms with E-state index >= 15 is 0 Å². The van der Waals surface area contributed by atoms with Gasteiger partial charge in [0.1, 0.15) is 11.7 Å². The molecule has 9 heteroatoms. The van der Waals surface area contributed by atoms with Crippen LogP contribution in [0.2, 0.25) is 0 Å². The number of imidazole rings is 1. The molecule has 4 heterocycles. The van der Waals surface area contributed by atoms with Crippen molar-refractivity contribution in [3.05, 3.63) is 58.1 Å². The van der Waals surface area contributed by atoms with Gasteiger partial charge in [-0.25, -0.2) is 4.98 Å². The van der Waals surface area contributed by atoms with Gasteiger partial charge in [0.25, 0.3) is 0 Å². The van der Waals surface area contributed by atoms with Crippen LogP contribution in [0.3, 0.4) is 0 Å². The molecule has 4 rings (SSSR count). The van der Waals surface area contributed by atoms with E-state index in [9.17, 15) is 4.79 Å². The summed E-state index contributed by atoms with van der Waals surface area (Å²) in [6.07, 6.45) is 3.87. The third-order valence-corrected chi connectivity index (χ3v) is 5.54. The number of amides is 1. The number of fused-ring (bicyclic) bond motifs is 1. The van der Waals surface area contributed by atoms with Gasteiger partial charge in [-0.05, 0) is 49.1 Å². The molecule has 0 bridgehead atoms. The topological polar surface area (TPSA) is 80.0 Å². The number of nitrogens with zero attached hydrogens (tertiary/aromatic N) is 4. The molecular weight excluding hydrogens is 380 g/mol. The lowest BCUT2D eigenvalue weighted by molar-refractivity contribution is -0.124. The second-order valence-corrected chi connectivity index (χ2v) is 7.58. The molecule has 1 amide bonds. The van der Waals surface area contributed by atoms with Gasteiger partial charge in [0.05, 0.1) is 17.1 Å². The number of nitrogens with one attached hydrogen (secondary N) is 2. The van der Waals surface area contributed by atoms with Crippen LogP contribution in [0.15, 0.2) is 42.0 Å². The summed E-state index contributed by atoms with van der Waals surface area (Å²) in [4.78, 5) is 18.3. The smallest absolute Gasteiger partial charge is 0.243 e. The predicted octanol–water partition coefficient (Wildman–Crippen LogP) is 3.50. The summed E-state index contributed by atoms with van der Waals surface area (Å²) >= 11 is 6.88. The summed E-state index contributed by atoms with van der Waals surface area (Å²) in [6.45, 7) is 4.18. The zero-order valence-electron chi connectivity index (χ0n) is 14.8. The first-order chi connectivity index (χ1) is 13.0. The maximum atomic E-state index is 12.7. The van der Waals surface area contributed by atoms with Gasteiger partial charge in [0.15, 0.2) is 10.6 Å². The standard InChI is InChI=1S/C18H18N6OS2/c1-11-5-3-7-23-10-13(20-15(11)23)9-19-17(25)12(2)24-16(21-22-18(24)26)14-6-4-8-27-14/h3-8,10,12H,9H2,1-2H3,(H,19,25)(H,22,26). The van der Waals surface area contributed by atoms with Gasteiger partial charge >= 0.3 is 0 Å². The summed E-state index contributed by atoms with van der Waals surface area (Å²) in [5.41, 5.74) is 2.79. The minimum Gasteiger partial charge on any atom is -0.349 e. The molecule has 138 valence electrons. The minimum absolute atomic E-state index is 0.140. The van der Waals surface area contributed by atoms with Crippen molar-refractivity contribution in [3.8, 4) is 10.7 Å². The summed E-state index contributed by atoms with van der Waals surface area (Å²) in [5, 5.41) is 12.0. The Morgan fingerprint density at radius 3 is 3.00 bits per heavy atom. The molecule has 0 aliphatic carbocycles. The number of aryl methyl sites for hydroxylation is 1. The summed E-state index contributed by atoms with van der Waals surface area (Å²) in [7, 11) is 0. The number of aromatic amines is 1. The predicted molar refractivity (Wildman–Crippen MR) is 107 cm³/mol. The third kappa shape index (κ3) is 3.31. The van der Waals surface area contributed by atoms with E-state index in [1.54, 1.807) is 15.9 Å². The molecule has 1 atom stereocenters. The van der Waals surface area contributed by atoms with Crippen molar-refractivity contribution >= 4 is 35.1 Å². The Hall–Kier alpha value is -2.78. The fraction of sp³-hybridized carbons (Fsp3) is 0.222. The van der Waals surface area contributed by atoms with E-state index in [0.29, 0.717) is 17.1 Å². The van der Waals surface area contributed by atoms with Crippen LogP contribution in [-0.2, 0) is 11.3 Å². The highest BCUT2D eigenvalue weighted by molar-refractivity contribution is 7.71. The van der Waals surface area contributed by atoms with Crippen molar-refractivity contribution in [2.24, 2.45) is 0 Å². The monoisotopic (exact) mass is 398 g/mol. The minimum atomic E-state index is -0.493. The molecule has 0 fully saturated rings. The van der Waals surface area contributed by atoms with Crippen LogP contribution in [-0.4, -0.2) is 30.1 Å². The quantitative estimate of drug-likeness (QED) is 0.504. The number of H-pyrrole nitrogens is 1. The zero-order valence-corrected chi connectivity index (χ0v) is 16.5. The van der Waals surface area contributed by atoms with Crippen LogP contribution in [0.4, 0.5) is 0 Å². The van der Waals surface area contributed by atoms with Crippen molar-refractivity contribution in [3.63, 3.8) is 0 Å². The summed E-state index contributed by atoms with van der Waals surface area (Å²) < 4.78 is 4.12. The van der Waals surface area contributed by atoms with Crippen LogP contribution >= 0.6 is 23.6 Å². The molecule has 0 spiro atoms. The molecule has 7 nitrogen and oxygen atoms in total. The lowest BCUT2D eigenvalue weighted by atomic mass is 10.3. The molecule has 1 unspecified atom stereocenters. The highest BCUT2D eigenvalue weighted by Crippen LogP contribution is 2.25. The highest BCUT2D eigenvalue weighted by atomic mass is 32.1. The van der Waals surface area contributed by atoms with E-state index in [2.05, 4.69) is 20.5 Å². The van der Waals surface area contributed by atoms with Crippen molar-refractivity contribution in [1.82, 2.24) is 29.5 Å². The molecule has 0 aliphatic heterocycles. The van der Waals surface area contributed by atoms with E-state index < -0.39 is 6.04 Å². The van der Waals surface area contributed by atoms with Crippen LogP contribution in [0.25, 0.3) is 16.3 Å². The summed E-state index contributed by atoms with van der Waals surface area (Å²) in [5.74, 6) is 0.528. The number of hydrogen-bond acceptors (Lipinski definition) is 5. The van der Waals surface area contributed by atoms with Gasteiger partial charge in [0, 0.05) is 12.4 Å². The van der Waals surface area contributed by atoms with Crippen molar-refractivity contribution in [1.29, 1.82) is 0 Å². The van der Waals surface area contributed by atoms with Crippen LogP contribution in [0, 0.1) is 11.7 Å². The summed E-state index contributed by atoms with van der Waals surface area (Å²) in [6, 6.07) is 7.39. The normalized spacial score (nSPS) is 12.4. The second-order valence-electron chi connectivity index (χ2n) is 6.25. The molecule has 0 aliphatic rings. The van der Waals surface area contributed by atoms with E-state index in [-0.39, 0.29) is 5.91 Å². The van der Waals surface area contributed by atoms with E-state index in [4.69, 9.17) is 12.2 Å². The maximum Gasteiger partial charge on any atom is 0.243 e. The Balaban J connectivity index is 1.52. The molecular formula is C18H18N6OS2. The van der Waals surface area contributed by atoms with Gasteiger partial charge in [-0.3, -0.25) is 14.5 Å². The van der Waals surface area contributed by atoms with Gasteiger partial charge in [-0.15, -0.1) is 11.3 Å². The number of rotatable bonds is 5. The molecule has 2 N–H and O–H groups in total. The molecule has 4 aromatic rings. The zero-order chi connectivity index (χ0) is 19.0. The van der Waals surface area contributed by atoms with Crippen molar-refractivity contribution in [2.75, 3.05) is 0 Å². The maximum absolute atomic E-state index is 12.7. The number of carbonyl (C=O) groups is 1. The largest absolute Gasteiger partial charge is 0.349 e. The van der Waals surface area contributed by atoms with Gasteiger partial charge in [-0.2, -0.15) is 5.10 Å². The van der Waals surface area contributed by atoms with E-state index in [0.717, 1.165) is 21.8 Å². The first-order valence-electron chi connectivity index (χ1n) is 8.46. The first kappa shape index (κ1) is 17.6. The molecule has 0 aromatic carbocycles. The third-order valence-electron chi connectivity index (χ3n) is 4.38. The Morgan fingerprint density at radius 2 is 2.26 bits per heavy atom. The van der Waals surface area contributed by atoms with Gasteiger partial charge in [0.2, 0.25) is 5.91 Å². The fourth-order valence-corrected chi connectivity index (χ4v) is 3.98. The highest BCUT2D eigenvalue weighted by Gasteiger charge is 2.21. The lowest BCUT2D eigenvalue weighted by Gasteiger charge is -2.14. The Morgan fingerprint density at radius 1 is 1.41 bits per heavy atom. The van der Waals surface area contributed by atoms with Crippen LogP contribution < -0.4 is 5.32 Å². The number of aromatic nitrogens is 5. The van der Waals surface area contributed by atoms with Crippen LogP contribution in [0.1, 0.15) is 24.2 Å². The number of hydrogen-bond donors (Lipinski definition) is 2. The molecule has 4 aromatic heterocycles. The molecule has 0 saturated carbocycles. The number of thiophene rings is 1. The Labute approximate surface area is 164 Å².